The van der Waals surface area contributed by atoms with Crippen LogP contribution in [0, 0.1) is 24.0 Å². The number of halogens is 1. The van der Waals surface area contributed by atoms with E-state index in [1.165, 1.54) is 11.3 Å². The van der Waals surface area contributed by atoms with Crippen molar-refractivity contribution in [1.82, 2.24) is 15.0 Å². The molecule has 0 atom stereocenters. The van der Waals surface area contributed by atoms with Crippen LogP contribution in [-0.4, -0.2) is 27.0 Å². The van der Waals surface area contributed by atoms with Gasteiger partial charge in [-0.1, -0.05) is 11.6 Å². The van der Waals surface area contributed by atoms with E-state index in [0.29, 0.717) is 5.13 Å². The quantitative estimate of drug-likeness (QED) is 0.387. The van der Waals surface area contributed by atoms with Gasteiger partial charge in [0.1, 0.15) is 12.1 Å². The van der Waals surface area contributed by atoms with E-state index >= 15 is 0 Å². The van der Waals surface area contributed by atoms with Gasteiger partial charge in [0.25, 0.3) is 0 Å². The molecule has 3 rings (SSSR count). The average Bonchev–Trinajstić information content (AvgIpc) is 2.94. The summed E-state index contributed by atoms with van der Waals surface area (Å²) in [6, 6.07) is 5.78. The summed E-state index contributed by atoms with van der Waals surface area (Å²) in [6.07, 6.45) is 1.16. The fraction of sp³-hybridized carbons (Fsp3) is 0.188. The topological polar surface area (TPSA) is 103 Å². The first-order valence-electron chi connectivity index (χ1n) is 7.45. The summed E-state index contributed by atoms with van der Waals surface area (Å²) in [6.45, 7) is 3.88. The number of nitro groups is 1. The molecule has 0 spiro atoms. The minimum Gasteiger partial charge on any atom is -0.496 e. The number of aromatic nitrogens is 3. The molecule has 3 aromatic rings. The molecule has 0 saturated carbocycles. The molecule has 26 heavy (non-hydrogen) atoms. The van der Waals surface area contributed by atoms with Crippen molar-refractivity contribution in [2.24, 2.45) is 0 Å². The molecule has 134 valence electrons. The van der Waals surface area contributed by atoms with Crippen molar-refractivity contribution in [1.29, 1.82) is 0 Å². The third-order valence-corrected chi connectivity index (χ3v) is 4.81. The largest absolute Gasteiger partial charge is 0.496 e. The zero-order valence-corrected chi connectivity index (χ0v) is 15.7. The highest BCUT2D eigenvalue weighted by Gasteiger charge is 2.23. The van der Waals surface area contributed by atoms with Crippen molar-refractivity contribution < 1.29 is 9.66 Å². The highest BCUT2D eigenvalue weighted by molar-refractivity contribution is 7.16. The van der Waals surface area contributed by atoms with Crippen LogP contribution in [0.15, 0.2) is 24.5 Å². The summed E-state index contributed by atoms with van der Waals surface area (Å²) >= 11 is 7.17. The average molecular weight is 392 g/mol. The van der Waals surface area contributed by atoms with Crippen molar-refractivity contribution in [2.45, 2.75) is 13.8 Å². The van der Waals surface area contributed by atoms with E-state index in [4.69, 9.17) is 16.3 Å². The number of hydrogen-bond donors (Lipinski definition) is 1. The third kappa shape index (κ3) is 3.44. The zero-order valence-electron chi connectivity index (χ0n) is 14.1. The smallest absolute Gasteiger partial charge is 0.348 e. The molecule has 10 heteroatoms. The minimum absolute atomic E-state index is 0.00112. The lowest BCUT2D eigenvalue weighted by Crippen LogP contribution is -2.01. The molecule has 0 aliphatic carbocycles. The lowest BCUT2D eigenvalue weighted by molar-refractivity contribution is -0.384. The summed E-state index contributed by atoms with van der Waals surface area (Å²) in [5.41, 5.74) is 2.32. The van der Waals surface area contributed by atoms with Crippen molar-refractivity contribution >= 4 is 39.6 Å². The van der Waals surface area contributed by atoms with Crippen LogP contribution in [0.1, 0.15) is 10.4 Å². The number of aryl methyl sites for hydroxylation is 2. The van der Waals surface area contributed by atoms with Gasteiger partial charge in [0, 0.05) is 10.4 Å². The van der Waals surface area contributed by atoms with Crippen molar-refractivity contribution in [3.05, 3.63) is 50.2 Å². The molecular formula is C16H14ClN5O3S. The first-order chi connectivity index (χ1) is 12.4. The monoisotopic (exact) mass is 391 g/mol. The Morgan fingerprint density at radius 1 is 1.31 bits per heavy atom. The van der Waals surface area contributed by atoms with Gasteiger partial charge in [0.2, 0.25) is 11.0 Å². The number of nitrogens with one attached hydrogen (secondary N) is 1. The van der Waals surface area contributed by atoms with Crippen LogP contribution < -0.4 is 10.1 Å². The normalized spacial score (nSPS) is 10.6. The fourth-order valence-electron chi connectivity index (χ4n) is 2.46. The molecule has 0 aliphatic rings. The Morgan fingerprint density at radius 3 is 2.73 bits per heavy atom. The van der Waals surface area contributed by atoms with Crippen LogP contribution in [0.5, 0.6) is 5.75 Å². The Hall–Kier alpha value is -2.78. The van der Waals surface area contributed by atoms with Gasteiger partial charge >= 0.3 is 5.69 Å². The molecule has 0 aliphatic heterocycles. The van der Waals surface area contributed by atoms with E-state index < -0.39 is 4.92 Å². The predicted molar refractivity (Wildman–Crippen MR) is 101 cm³/mol. The van der Waals surface area contributed by atoms with Gasteiger partial charge in [0.05, 0.1) is 17.7 Å². The van der Waals surface area contributed by atoms with Gasteiger partial charge in [-0.2, -0.15) is 0 Å². The first-order valence-corrected chi connectivity index (χ1v) is 8.64. The molecule has 0 bridgehead atoms. The van der Waals surface area contributed by atoms with Gasteiger partial charge in [0.15, 0.2) is 5.13 Å². The Morgan fingerprint density at radius 2 is 2.08 bits per heavy atom. The summed E-state index contributed by atoms with van der Waals surface area (Å²) in [7, 11) is 1.62. The Bertz CT molecular complexity index is 992. The van der Waals surface area contributed by atoms with Crippen LogP contribution in [-0.2, 0) is 0 Å². The molecule has 2 aromatic heterocycles. The molecule has 1 aromatic carbocycles. The zero-order chi connectivity index (χ0) is 18.8. The summed E-state index contributed by atoms with van der Waals surface area (Å²) in [4.78, 5) is 23.6. The SMILES string of the molecule is COc1ccc(-c2nc(Nc3ncnc(Cl)c3[N+](=O)[O-])sc2C)cc1C. The van der Waals surface area contributed by atoms with Crippen molar-refractivity contribution in [3.63, 3.8) is 0 Å². The second-order valence-corrected chi connectivity index (χ2v) is 6.91. The van der Waals surface area contributed by atoms with Crippen LogP contribution in [0.4, 0.5) is 16.6 Å². The van der Waals surface area contributed by atoms with Crippen LogP contribution in [0.2, 0.25) is 5.15 Å². The predicted octanol–water partition coefficient (Wildman–Crippen LogP) is 4.53. The van der Waals surface area contributed by atoms with E-state index in [2.05, 4.69) is 20.3 Å². The van der Waals surface area contributed by atoms with Crippen LogP contribution >= 0.6 is 22.9 Å². The molecule has 0 saturated heterocycles. The first kappa shape index (κ1) is 18.0. The van der Waals surface area contributed by atoms with Crippen LogP contribution in [0.3, 0.4) is 0 Å². The number of anilines is 2. The lowest BCUT2D eigenvalue weighted by atomic mass is 10.1. The van der Waals surface area contributed by atoms with E-state index in [-0.39, 0.29) is 16.7 Å². The van der Waals surface area contributed by atoms with Crippen molar-refractivity contribution in [3.8, 4) is 17.0 Å². The second-order valence-electron chi connectivity index (χ2n) is 5.35. The number of ether oxygens (including phenoxy) is 1. The molecule has 8 nitrogen and oxygen atoms in total. The maximum absolute atomic E-state index is 11.2. The Labute approximate surface area is 158 Å². The molecule has 0 amide bonds. The van der Waals surface area contributed by atoms with E-state index in [9.17, 15) is 10.1 Å². The highest BCUT2D eigenvalue weighted by Crippen LogP contribution is 2.36. The van der Waals surface area contributed by atoms with Gasteiger partial charge in [-0.3, -0.25) is 10.1 Å². The van der Waals surface area contributed by atoms with E-state index in [1.54, 1.807) is 7.11 Å². The summed E-state index contributed by atoms with van der Waals surface area (Å²) in [5, 5.41) is 14.3. The molecule has 0 fully saturated rings. The highest BCUT2D eigenvalue weighted by atomic mass is 35.5. The molecule has 2 heterocycles. The summed E-state index contributed by atoms with van der Waals surface area (Å²) in [5.74, 6) is 0.799. The Balaban J connectivity index is 1.96. The Kier molecular flexibility index (Phi) is 5.01. The van der Waals surface area contributed by atoms with Gasteiger partial charge in [-0.05, 0) is 37.6 Å². The number of rotatable bonds is 5. The van der Waals surface area contributed by atoms with Crippen LogP contribution in [0.25, 0.3) is 11.3 Å². The number of nitrogens with zero attached hydrogens (tertiary/aromatic N) is 4. The number of methoxy groups -OCH3 is 1. The fourth-order valence-corrected chi connectivity index (χ4v) is 3.49. The minimum atomic E-state index is -0.626. The summed E-state index contributed by atoms with van der Waals surface area (Å²) < 4.78 is 5.28. The molecular weight excluding hydrogens is 378 g/mol. The number of thiazole rings is 1. The number of benzene rings is 1. The molecule has 1 N–H and O–H groups in total. The second kappa shape index (κ2) is 7.22. The van der Waals surface area contributed by atoms with Gasteiger partial charge < -0.3 is 10.1 Å². The molecule has 0 unspecified atom stereocenters. The van der Waals surface area contributed by atoms with E-state index in [0.717, 1.165) is 33.8 Å². The maximum Gasteiger partial charge on any atom is 0.348 e. The van der Waals surface area contributed by atoms with Gasteiger partial charge in [-0.25, -0.2) is 15.0 Å². The standard InChI is InChI=1S/C16H14ClN5O3S/c1-8-6-10(4-5-11(8)25-3)12-9(2)26-16(20-12)21-15-13(22(23)24)14(17)18-7-19-15/h4-7H,1-3H3,(H,18,19,20,21). The lowest BCUT2D eigenvalue weighted by Gasteiger charge is -2.06. The van der Waals surface area contributed by atoms with Crippen molar-refractivity contribution in [2.75, 3.05) is 12.4 Å². The number of hydrogen-bond acceptors (Lipinski definition) is 8. The van der Waals surface area contributed by atoms with E-state index in [1.807, 2.05) is 32.0 Å². The maximum atomic E-state index is 11.2. The van der Waals surface area contributed by atoms with Gasteiger partial charge in [-0.15, -0.1) is 11.3 Å². The third-order valence-electron chi connectivity index (χ3n) is 3.65. The molecule has 0 radical (unpaired) electrons.